The van der Waals surface area contributed by atoms with Gasteiger partial charge >= 0.3 is 5.97 Å². The number of para-hydroxylation sites is 1. The molecule has 0 amide bonds. The van der Waals surface area contributed by atoms with Crippen molar-refractivity contribution in [3.8, 4) is 16.9 Å². The fourth-order valence-electron chi connectivity index (χ4n) is 2.00. The molecule has 0 saturated carbocycles. The Labute approximate surface area is 114 Å². The minimum absolute atomic E-state index is 0.0439. The molecular weight excluding hydrogens is 262 g/mol. The van der Waals surface area contributed by atoms with Crippen LogP contribution < -0.4 is 4.74 Å². The lowest BCUT2D eigenvalue weighted by Gasteiger charge is -2.11. The van der Waals surface area contributed by atoms with E-state index in [1.54, 1.807) is 24.3 Å². The number of methoxy groups -OCH3 is 1. The van der Waals surface area contributed by atoms with Crippen LogP contribution in [0.15, 0.2) is 42.5 Å². The zero-order valence-corrected chi connectivity index (χ0v) is 10.6. The van der Waals surface area contributed by atoms with Crippen LogP contribution in [0.5, 0.6) is 5.75 Å². The maximum atomic E-state index is 11.3. The van der Waals surface area contributed by atoms with Crippen molar-refractivity contribution in [2.45, 2.75) is 0 Å². The Morgan fingerprint density at radius 1 is 1.20 bits per heavy atom. The predicted octanol–water partition coefficient (Wildman–Crippen LogP) is 2.97. The molecule has 0 bridgehead atoms. The van der Waals surface area contributed by atoms with E-state index < -0.39 is 10.9 Å². The molecule has 0 atom stereocenters. The highest BCUT2D eigenvalue weighted by atomic mass is 16.6. The largest absolute Gasteiger partial charge is 0.496 e. The average molecular weight is 273 g/mol. The number of nitro groups is 1. The summed E-state index contributed by atoms with van der Waals surface area (Å²) in [5.41, 5.74) is 0.0141. The van der Waals surface area contributed by atoms with Crippen molar-refractivity contribution in [3.05, 3.63) is 58.1 Å². The quantitative estimate of drug-likeness (QED) is 0.683. The monoisotopic (exact) mass is 273 g/mol. The molecule has 0 unspecified atom stereocenters. The molecular formula is C14H11NO5. The van der Waals surface area contributed by atoms with Crippen molar-refractivity contribution in [1.82, 2.24) is 0 Å². The van der Waals surface area contributed by atoms with Gasteiger partial charge < -0.3 is 9.84 Å². The number of carboxylic acid groups (broad SMARTS) is 1. The Balaban J connectivity index is 2.83. The number of carbonyl (C=O) groups is 1. The standard InChI is InChI=1S/C14H11NO5/c1-20-12-8-3-2-5-9(12)13-10(14(16)17)6-4-7-11(13)15(18)19/h2-8H,1H3,(H,16,17). The summed E-state index contributed by atoms with van der Waals surface area (Å²) < 4.78 is 5.15. The van der Waals surface area contributed by atoms with Crippen molar-refractivity contribution in [3.63, 3.8) is 0 Å². The molecule has 0 saturated heterocycles. The van der Waals surface area contributed by atoms with Crippen molar-refractivity contribution >= 4 is 11.7 Å². The zero-order valence-electron chi connectivity index (χ0n) is 10.6. The van der Waals surface area contributed by atoms with Gasteiger partial charge in [-0.2, -0.15) is 0 Å². The summed E-state index contributed by atoms with van der Waals surface area (Å²) >= 11 is 0. The second-order valence-electron chi connectivity index (χ2n) is 3.96. The van der Waals surface area contributed by atoms with Gasteiger partial charge in [-0.3, -0.25) is 10.1 Å². The van der Waals surface area contributed by atoms with Crippen molar-refractivity contribution < 1.29 is 19.6 Å². The number of aromatic carboxylic acids is 1. The second-order valence-corrected chi connectivity index (χ2v) is 3.96. The summed E-state index contributed by atoms with van der Waals surface area (Å²) in [5, 5.41) is 20.4. The first kappa shape index (κ1) is 13.5. The van der Waals surface area contributed by atoms with Crippen molar-refractivity contribution in [2.75, 3.05) is 7.11 Å². The average Bonchev–Trinajstić information content (AvgIpc) is 2.46. The van der Waals surface area contributed by atoms with Crippen LogP contribution >= 0.6 is 0 Å². The first-order valence-electron chi connectivity index (χ1n) is 5.70. The molecule has 2 rings (SSSR count). The van der Waals surface area contributed by atoms with E-state index in [1.807, 2.05) is 0 Å². The van der Waals surface area contributed by atoms with Crippen LogP contribution in [0, 0.1) is 10.1 Å². The summed E-state index contributed by atoms with van der Waals surface area (Å²) in [6.45, 7) is 0. The third-order valence-electron chi connectivity index (χ3n) is 2.85. The predicted molar refractivity (Wildman–Crippen MR) is 72.0 cm³/mol. The molecule has 0 aliphatic heterocycles. The molecule has 0 aromatic heterocycles. The van der Waals surface area contributed by atoms with Crippen LogP contribution in [0.25, 0.3) is 11.1 Å². The topological polar surface area (TPSA) is 89.7 Å². The Bertz CT molecular complexity index is 649. The number of hydrogen-bond donors (Lipinski definition) is 1. The lowest BCUT2D eigenvalue weighted by atomic mass is 9.97. The second kappa shape index (κ2) is 5.40. The summed E-state index contributed by atoms with van der Waals surface area (Å²) in [6, 6.07) is 10.5. The number of carboxylic acids is 1. The van der Waals surface area contributed by atoms with Crippen LogP contribution in [0.1, 0.15) is 10.4 Å². The maximum Gasteiger partial charge on any atom is 0.336 e. The number of hydrogen-bond acceptors (Lipinski definition) is 4. The lowest BCUT2D eigenvalue weighted by molar-refractivity contribution is -0.384. The molecule has 102 valence electrons. The van der Waals surface area contributed by atoms with Crippen molar-refractivity contribution in [2.24, 2.45) is 0 Å². The third kappa shape index (κ3) is 2.31. The van der Waals surface area contributed by atoms with Gasteiger partial charge in [-0.1, -0.05) is 24.3 Å². The van der Waals surface area contributed by atoms with Gasteiger partial charge in [-0.25, -0.2) is 4.79 Å². The summed E-state index contributed by atoms with van der Waals surface area (Å²) in [5.74, 6) is -0.848. The van der Waals surface area contributed by atoms with Crippen LogP contribution in [-0.2, 0) is 0 Å². The number of nitro benzene ring substituents is 1. The molecule has 2 aromatic carbocycles. The van der Waals surface area contributed by atoms with E-state index >= 15 is 0 Å². The first-order valence-corrected chi connectivity index (χ1v) is 5.70. The number of nitrogens with zero attached hydrogens (tertiary/aromatic N) is 1. The van der Waals surface area contributed by atoms with Gasteiger partial charge in [0.25, 0.3) is 5.69 Å². The smallest absolute Gasteiger partial charge is 0.336 e. The van der Waals surface area contributed by atoms with E-state index in [0.29, 0.717) is 11.3 Å². The van der Waals surface area contributed by atoms with E-state index in [4.69, 9.17) is 4.74 Å². The highest BCUT2D eigenvalue weighted by Crippen LogP contribution is 2.38. The van der Waals surface area contributed by atoms with Gasteiger partial charge in [0.1, 0.15) is 5.75 Å². The molecule has 0 heterocycles. The molecule has 2 aromatic rings. The third-order valence-corrected chi connectivity index (χ3v) is 2.85. The number of benzene rings is 2. The van der Waals surface area contributed by atoms with E-state index in [-0.39, 0.29) is 16.8 Å². The molecule has 20 heavy (non-hydrogen) atoms. The molecule has 1 N–H and O–H groups in total. The van der Waals surface area contributed by atoms with Crippen LogP contribution in [0.4, 0.5) is 5.69 Å². The minimum atomic E-state index is -1.23. The normalized spacial score (nSPS) is 10.1. The molecule has 0 spiro atoms. The molecule has 6 nitrogen and oxygen atoms in total. The Morgan fingerprint density at radius 2 is 1.90 bits per heavy atom. The fourth-order valence-corrected chi connectivity index (χ4v) is 2.00. The Kier molecular flexibility index (Phi) is 3.65. The molecule has 0 fully saturated rings. The molecule has 0 aliphatic carbocycles. The highest BCUT2D eigenvalue weighted by molar-refractivity contribution is 6.00. The lowest BCUT2D eigenvalue weighted by Crippen LogP contribution is -2.03. The number of rotatable bonds is 4. The van der Waals surface area contributed by atoms with Gasteiger partial charge in [0, 0.05) is 11.6 Å². The summed E-state index contributed by atoms with van der Waals surface area (Å²) in [7, 11) is 1.42. The van der Waals surface area contributed by atoms with Gasteiger partial charge in [0.15, 0.2) is 0 Å². The molecule has 0 aliphatic rings. The van der Waals surface area contributed by atoms with E-state index in [2.05, 4.69) is 0 Å². The van der Waals surface area contributed by atoms with E-state index in [1.165, 1.54) is 25.3 Å². The van der Waals surface area contributed by atoms with Crippen LogP contribution in [0.2, 0.25) is 0 Å². The van der Waals surface area contributed by atoms with Crippen LogP contribution in [0.3, 0.4) is 0 Å². The summed E-state index contributed by atoms with van der Waals surface area (Å²) in [6.07, 6.45) is 0. The fraction of sp³-hybridized carbons (Fsp3) is 0.0714. The zero-order chi connectivity index (χ0) is 14.7. The molecule has 6 heteroatoms. The van der Waals surface area contributed by atoms with E-state index in [0.717, 1.165) is 0 Å². The Morgan fingerprint density at radius 3 is 2.50 bits per heavy atom. The van der Waals surface area contributed by atoms with E-state index in [9.17, 15) is 20.0 Å². The van der Waals surface area contributed by atoms with Crippen molar-refractivity contribution in [1.29, 1.82) is 0 Å². The highest BCUT2D eigenvalue weighted by Gasteiger charge is 2.24. The maximum absolute atomic E-state index is 11.3. The first-order chi connectivity index (χ1) is 9.56. The Hall–Kier alpha value is -2.89. The van der Waals surface area contributed by atoms with Gasteiger partial charge in [0.2, 0.25) is 0 Å². The minimum Gasteiger partial charge on any atom is -0.496 e. The summed E-state index contributed by atoms with van der Waals surface area (Å²) in [4.78, 5) is 21.8. The van der Waals surface area contributed by atoms with Gasteiger partial charge in [-0.15, -0.1) is 0 Å². The SMILES string of the molecule is COc1ccccc1-c1c(C(=O)O)cccc1[N+](=O)[O-]. The van der Waals surface area contributed by atoms with Gasteiger partial charge in [0.05, 0.1) is 23.2 Å². The van der Waals surface area contributed by atoms with Crippen LogP contribution in [-0.4, -0.2) is 23.1 Å². The molecule has 0 radical (unpaired) electrons. The number of ether oxygens (including phenoxy) is 1. The van der Waals surface area contributed by atoms with Gasteiger partial charge in [-0.05, 0) is 12.1 Å².